The molecule has 1 N–H and O–H groups in total. The molecule has 2 aromatic rings. The van der Waals surface area contributed by atoms with Gasteiger partial charge in [0.2, 0.25) is 11.4 Å². The Morgan fingerprint density at radius 2 is 2.29 bits per heavy atom. The van der Waals surface area contributed by atoms with Crippen molar-refractivity contribution in [2.75, 3.05) is 11.9 Å². The van der Waals surface area contributed by atoms with Gasteiger partial charge < -0.3 is 15.3 Å². The monoisotopic (exact) mass is 305 g/mol. The highest BCUT2D eigenvalue weighted by Gasteiger charge is 2.18. The number of hydrogen-bond donors (Lipinski definition) is 1. The van der Waals surface area contributed by atoms with Crippen LogP contribution in [0.5, 0.6) is 5.75 Å². The number of carbonyl (C=O) groups is 1. The lowest BCUT2D eigenvalue weighted by Crippen LogP contribution is -2.27. The van der Waals surface area contributed by atoms with E-state index in [9.17, 15) is 10.0 Å². The van der Waals surface area contributed by atoms with E-state index in [1.807, 2.05) is 6.07 Å². The number of rotatable bonds is 3. The van der Waals surface area contributed by atoms with E-state index in [0.717, 1.165) is 6.20 Å². The Kier molecular flexibility index (Phi) is 4.15. The number of nitrogens with zero attached hydrogens (tertiary/aromatic N) is 2. The van der Waals surface area contributed by atoms with Crippen molar-refractivity contribution in [1.29, 1.82) is 5.26 Å². The van der Waals surface area contributed by atoms with E-state index in [0.29, 0.717) is 28.2 Å². The Balaban J connectivity index is 2.78. The highest BCUT2D eigenvalue weighted by atomic mass is 35.5. The first-order chi connectivity index (χ1) is 9.97. The van der Waals surface area contributed by atoms with Crippen molar-refractivity contribution in [3.05, 3.63) is 34.1 Å². The van der Waals surface area contributed by atoms with Gasteiger partial charge in [0.15, 0.2) is 6.20 Å². The second-order valence-electron chi connectivity index (χ2n) is 4.27. The summed E-state index contributed by atoms with van der Waals surface area (Å²) in [5.41, 5.74) is 0.725. The fourth-order valence-corrected chi connectivity index (χ4v) is 2.20. The number of ether oxygens (including phenoxy) is 1. The van der Waals surface area contributed by atoms with Crippen molar-refractivity contribution in [3.8, 4) is 11.8 Å². The summed E-state index contributed by atoms with van der Waals surface area (Å²) in [5.74, 6) is 0.0865. The molecule has 21 heavy (non-hydrogen) atoms. The quantitative estimate of drug-likeness (QED) is 0.696. The molecule has 0 aliphatic rings. The number of pyridine rings is 1. The molecule has 6 nitrogen and oxygen atoms in total. The summed E-state index contributed by atoms with van der Waals surface area (Å²) in [7, 11) is 0. The Labute approximate surface area is 126 Å². The van der Waals surface area contributed by atoms with Gasteiger partial charge in [0.25, 0.3) is 0 Å². The third-order valence-corrected chi connectivity index (χ3v) is 3.19. The van der Waals surface area contributed by atoms with Gasteiger partial charge in [0.05, 0.1) is 28.8 Å². The van der Waals surface area contributed by atoms with Crippen molar-refractivity contribution >= 4 is 34.1 Å². The number of fused-ring (bicyclic) bond motifs is 1. The van der Waals surface area contributed by atoms with Crippen molar-refractivity contribution in [2.45, 2.75) is 13.8 Å². The van der Waals surface area contributed by atoms with Gasteiger partial charge >= 0.3 is 0 Å². The molecule has 108 valence electrons. The molecule has 0 saturated carbocycles. The van der Waals surface area contributed by atoms with Crippen LogP contribution in [-0.4, -0.2) is 12.5 Å². The van der Waals surface area contributed by atoms with E-state index in [-0.39, 0.29) is 22.0 Å². The summed E-state index contributed by atoms with van der Waals surface area (Å²) < 4.78 is 5.98. The topological polar surface area (TPSA) is 89.1 Å². The van der Waals surface area contributed by atoms with Gasteiger partial charge in [-0.05, 0) is 13.0 Å². The van der Waals surface area contributed by atoms with Crippen LogP contribution in [0.4, 0.5) is 5.69 Å². The maximum atomic E-state index is 12.0. The number of nitrogens with one attached hydrogen (secondary N) is 1. The van der Waals surface area contributed by atoms with Gasteiger partial charge in [-0.2, -0.15) is 9.99 Å². The van der Waals surface area contributed by atoms with E-state index < -0.39 is 0 Å². The first-order valence-electron chi connectivity index (χ1n) is 6.17. The van der Waals surface area contributed by atoms with E-state index in [1.165, 1.54) is 19.1 Å². The van der Waals surface area contributed by atoms with Crippen LogP contribution < -0.4 is 14.8 Å². The van der Waals surface area contributed by atoms with Crippen LogP contribution in [0, 0.1) is 16.5 Å². The zero-order chi connectivity index (χ0) is 15.6. The normalized spacial score (nSPS) is 10.2. The largest absolute Gasteiger partial charge is 0.618 e. The highest BCUT2D eigenvalue weighted by Crippen LogP contribution is 2.33. The standard InChI is InChI=1S/C14H12ClN3O3/c1-3-21-13-5-12-10(4-11(13)17-8(2)19)14(15)9(6-16)7-18(12)20/h4-5,7H,3H2,1-2H3,(H,17,19). The number of hydrogen-bond acceptors (Lipinski definition) is 4. The van der Waals surface area contributed by atoms with Crippen molar-refractivity contribution in [1.82, 2.24) is 0 Å². The number of carbonyl (C=O) groups excluding carboxylic acids is 1. The Hall–Kier alpha value is -2.52. The third-order valence-electron chi connectivity index (χ3n) is 2.79. The molecule has 0 aliphatic carbocycles. The van der Waals surface area contributed by atoms with Crippen LogP contribution >= 0.6 is 11.6 Å². The zero-order valence-electron chi connectivity index (χ0n) is 11.4. The second-order valence-corrected chi connectivity index (χ2v) is 4.65. The molecule has 0 fully saturated rings. The van der Waals surface area contributed by atoms with Gasteiger partial charge in [-0.1, -0.05) is 11.6 Å². The summed E-state index contributed by atoms with van der Waals surface area (Å²) in [6.07, 6.45) is 1.11. The molecule has 0 spiro atoms. The minimum atomic E-state index is -0.280. The molecule has 0 radical (unpaired) electrons. The maximum absolute atomic E-state index is 12.0. The number of anilines is 1. The molecule has 1 heterocycles. The number of amides is 1. The van der Waals surface area contributed by atoms with Gasteiger partial charge in [0.1, 0.15) is 17.4 Å². The molecular weight excluding hydrogens is 294 g/mol. The van der Waals surface area contributed by atoms with Gasteiger partial charge in [-0.25, -0.2) is 0 Å². The Morgan fingerprint density at radius 1 is 1.57 bits per heavy atom. The average molecular weight is 306 g/mol. The van der Waals surface area contributed by atoms with Crippen LogP contribution in [0.15, 0.2) is 18.3 Å². The van der Waals surface area contributed by atoms with Gasteiger partial charge in [0, 0.05) is 6.92 Å². The molecule has 0 atom stereocenters. The van der Waals surface area contributed by atoms with Crippen LogP contribution in [0.2, 0.25) is 5.02 Å². The molecular formula is C14H12ClN3O3. The zero-order valence-corrected chi connectivity index (χ0v) is 12.2. The highest BCUT2D eigenvalue weighted by molar-refractivity contribution is 6.36. The first-order valence-corrected chi connectivity index (χ1v) is 6.55. The Bertz CT molecular complexity index is 768. The Morgan fingerprint density at radius 3 is 2.86 bits per heavy atom. The summed E-state index contributed by atoms with van der Waals surface area (Å²) in [6.45, 7) is 3.53. The second kappa shape index (κ2) is 5.85. The molecule has 7 heteroatoms. The summed E-state index contributed by atoms with van der Waals surface area (Å²) in [4.78, 5) is 11.3. The van der Waals surface area contributed by atoms with E-state index >= 15 is 0 Å². The van der Waals surface area contributed by atoms with E-state index in [1.54, 1.807) is 6.92 Å². The lowest BCUT2D eigenvalue weighted by Gasteiger charge is -2.13. The fraction of sp³-hybridized carbons (Fsp3) is 0.214. The molecule has 0 saturated heterocycles. The molecule has 2 rings (SSSR count). The SMILES string of the molecule is CCOc1cc2c(cc1NC(C)=O)c(Cl)c(C#N)c[n+]2[O-]. The molecule has 0 bridgehead atoms. The fourth-order valence-electron chi connectivity index (χ4n) is 1.96. The predicted octanol–water partition coefficient (Wildman–Crippen LogP) is 2.36. The van der Waals surface area contributed by atoms with E-state index in [2.05, 4.69) is 5.32 Å². The predicted molar refractivity (Wildman–Crippen MR) is 78.1 cm³/mol. The van der Waals surface area contributed by atoms with Gasteiger partial charge in [-0.15, -0.1) is 0 Å². The summed E-state index contributed by atoms with van der Waals surface area (Å²) >= 11 is 6.12. The number of nitriles is 1. The molecule has 1 aromatic carbocycles. The van der Waals surface area contributed by atoms with Crippen LogP contribution in [0.25, 0.3) is 10.9 Å². The van der Waals surface area contributed by atoms with Crippen LogP contribution in [-0.2, 0) is 4.79 Å². The van der Waals surface area contributed by atoms with Crippen molar-refractivity contribution in [2.24, 2.45) is 0 Å². The maximum Gasteiger partial charge on any atom is 0.229 e. The summed E-state index contributed by atoms with van der Waals surface area (Å²) in [5, 5.41) is 24.1. The van der Waals surface area contributed by atoms with E-state index in [4.69, 9.17) is 21.6 Å². The minimum absolute atomic E-state index is 0.0668. The number of aromatic nitrogens is 1. The third kappa shape index (κ3) is 2.83. The smallest absolute Gasteiger partial charge is 0.229 e. The molecule has 1 aromatic heterocycles. The lowest BCUT2D eigenvalue weighted by molar-refractivity contribution is -0.577. The number of benzene rings is 1. The minimum Gasteiger partial charge on any atom is -0.618 e. The molecule has 0 aliphatic heterocycles. The van der Waals surface area contributed by atoms with Crippen LogP contribution in [0.1, 0.15) is 19.4 Å². The number of halogens is 1. The average Bonchev–Trinajstić information content (AvgIpc) is 2.43. The first kappa shape index (κ1) is 14.9. The molecule has 1 amide bonds. The summed E-state index contributed by atoms with van der Waals surface area (Å²) in [6, 6.07) is 4.87. The van der Waals surface area contributed by atoms with Crippen molar-refractivity contribution in [3.63, 3.8) is 0 Å². The lowest BCUT2D eigenvalue weighted by atomic mass is 10.1. The van der Waals surface area contributed by atoms with Crippen molar-refractivity contribution < 1.29 is 14.3 Å². The molecule has 0 unspecified atom stereocenters. The van der Waals surface area contributed by atoms with Crippen LogP contribution in [0.3, 0.4) is 0 Å². The van der Waals surface area contributed by atoms with Gasteiger partial charge in [-0.3, -0.25) is 4.79 Å².